The van der Waals surface area contributed by atoms with E-state index in [0.717, 1.165) is 19.4 Å². The maximum atomic E-state index is 12.5. The van der Waals surface area contributed by atoms with Gasteiger partial charge >= 0.3 is 6.03 Å². The van der Waals surface area contributed by atoms with E-state index in [1.54, 1.807) is 0 Å². The quantitative estimate of drug-likeness (QED) is 0.588. The van der Waals surface area contributed by atoms with E-state index in [1.807, 2.05) is 0 Å². The van der Waals surface area contributed by atoms with Crippen molar-refractivity contribution in [2.75, 3.05) is 26.3 Å². The molecule has 5 atom stereocenters. The first-order valence-corrected chi connectivity index (χ1v) is 13.0. The van der Waals surface area contributed by atoms with Crippen molar-refractivity contribution in [1.29, 1.82) is 0 Å². The zero-order valence-corrected chi connectivity index (χ0v) is 19.9. The van der Waals surface area contributed by atoms with Crippen molar-refractivity contribution in [3.05, 3.63) is 35.4 Å². The molecule has 3 N–H and O–H groups in total. The van der Waals surface area contributed by atoms with Crippen LogP contribution >= 0.6 is 0 Å². The summed E-state index contributed by atoms with van der Waals surface area (Å²) >= 11 is 0. The van der Waals surface area contributed by atoms with Gasteiger partial charge in [0.05, 0.1) is 25.3 Å². The van der Waals surface area contributed by atoms with Crippen LogP contribution in [0.1, 0.15) is 69.0 Å². The summed E-state index contributed by atoms with van der Waals surface area (Å²) in [5.74, 6) is 0. The number of likely N-dealkylation sites (tertiary alicyclic amines) is 1. The first-order chi connectivity index (χ1) is 16.2. The van der Waals surface area contributed by atoms with E-state index in [1.165, 1.54) is 56.3 Å². The van der Waals surface area contributed by atoms with Gasteiger partial charge in [0.1, 0.15) is 12.2 Å². The van der Waals surface area contributed by atoms with Crippen molar-refractivity contribution in [2.45, 2.75) is 94.8 Å². The maximum Gasteiger partial charge on any atom is 0.315 e. The fraction of sp³-hybridized carbons (Fsp3) is 0.731. The van der Waals surface area contributed by atoms with Crippen molar-refractivity contribution in [3.8, 4) is 0 Å². The molecule has 3 saturated heterocycles. The Hall–Kier alpha value is -1.67. The lowest BCUT2D eigenvalue weighted by Crippen LogP contribution is -2.51. The number of ether oxygens (including phenoxy) is 2. The lowest BCUT2D eigenvalue weighted by molar-refractivity contribution is 0.0653. The van der Waals surface area contributed by atoms with Gasteiger partial charge in [-0.2, -0.15) is 0 Å². The van der Waals surface area contributed by atoms with Crippen LogP contribution < -0.4 is 16.0 Å². The average molecular weight is 457 g/mol. The van der Waals surface area contributed by atoms with Crippen molar-refractivity contribution in [2.24, 2.45) is 0 Å². The monoisotopic (exact) mass is 456 g/mol. The molecule has 0 radical (unpaired) electrons. The Balaban J connectivity index is 1.12. The summed E-state index contributed by atoms with van der Waals surface area (Å²) in [6, 6.07) is 9.40. The van der Waals surface area contributed by atoms with Crippen LogP contribution in [0.25, 0.3) is 0 Å². The molecular weight excluding hydrogens is 416 g/mol. The lowest BCUT2D eigenvalue weighted by atomic mass is 9.96. The molecule has 0 bridgehead atoms. The smallest absolute Gasteiger partial charge is 0.315 e. The predicted octanol–water partition coefficient (Wildman–Crippen LogP) is 3.10. The normalized spacial score (nSPS) is 31.4. The first kappa shape index (κ1) is 23.1. The molecule has 0 aromatic heterocycles. The maximum absolute atomic E-state index is 12.5. The molecule has 2 amide bonds. The predicted molar refractivity (Wildman–Crippen MR) is 128 cm³/mol. The van der Waals surface area contributed by atoms with Crippen LogP contribution in [0.3, 0.4) is 0 Å². The summed E-state index contributed by atoms with van der Waals surface area (Å²) in [7, 11) is 0. The standard InChI is InChI=1S/C26H40N4O3/c1-18(20-9-7-8-19(14-20)15-30-12-5-6-13-30)27-22-16-32-25-23(17-33-24(22)25)29-26(31)28-21-10-3-2-4-11-21/h7-9,14,18,21-25,27H,2-6,10-13,15-17H2,1H3,(H2,28,29,31). The van der Waals surface area contributed by atoms with E-state index in [2.05, 4.69) is 52.0 Å². The molecule has 7 heteroatoms. The van der Waals surface area contributed by atoms with E-state index < -0.39 is 0 Å². The third-order valence-electron chi connectivity index (χ3n) is 7.83. The molecule has 3 aliphatic heterocycles. The fourth-order valence-electron chi connectivity index (χ4n) is 5.99. The van der Waals surface area contributed by atoms with Crippen molar-refractivity contribution >= 4 is 6.03 Å². The summed E-state index contributed by atoms with van der Waals surface area (Å²) in [6.45, 7) is 6.79. The minimum Gasteiger partial charge on any atom is -0.371 e. The highest BCUT2D eigenvalue weighted by Crippen LogP contribution is 2.29. The van der Waals surface area contributed by atoms with E-state index in [-0.39, 0.29) is 36.4 Å². The minimum absolute atomic E-state index is 0.0276. The average Bonchev–Trinajstić information content (AvgIpc) is 3.55. The Bertz CT molecular complexity index is 793. The van der Waals surface area contributed by atoms with Crippen LogP contribution in [0.4, 0.5) is 4.79 Å². The Morgan fingerprint density at radius 1 is 1.00 bits per heavy atom. The summed E-state index contributed by atoms with van der Waals surface area (Å²) in [5, 5.41) is 9.99. The number of carbonyl (C=O) groups excluding carboxylic acids is 1. The second-order valence-corrected chi connectivity index (χ2v) is 10.4. The van der Waals surface area contributed by atoms with Crippen LogP contribution in [-0.2, 0) is 16.0 Å². The molecule has 1 aliphatic carbocycles. The van der Waals surface area contributed by atoms with E-state index in [4.69, 9.17) is 9.47 Å². The highest BCUT2D eigenvalue weighted by atomic mass is 16.6. The molecule has 5 rings (SSSR count). The van der Waals surface area contributed by atoms with E-state index in [9.17, 15) is 4.79 Å². The number of urea groups is 1. The SMILES string of the molecule is CC(NC1COC2C(NC(=O)NC3CCCCC3)COC12)c1cccc(CN2CCCC2)c1. The molecule has 0 spiro atoms. The largest absolute Gasteiger partial charge is 0.371 e. The van der Waals surface area contributed by atoms with Gasteiger partial charge in [-0.1, -0.05) is 43.5 Å². The van der Waals surface area contributed by atoms with Gasteiger partial charge in [-0.05, 0) is 56.8 Å². The van der Waals surface area contributed by atoms with Gasteiger partial charge in [0.2, 0.25) is 0 Å². The number of fused-ring (bicyclic) bond motifs is 1. The van der Waals surface area contributed by atoms with Gasteiger partial charge in [-0.3, -0.25) is 4.90 Å². The molecule has 1 aromatic rings. The Kier molecular flexibility index (Phi) is 7.50. The number of hydrogen-bond donors (Lipinski definition) is 3. The second-order valence-electron chi connectivity index (χ2n) is 10.4. The Labute approximate surface area is 198 Å². The van der Waals surface area contributed by atoms with E-state index in [0.29, 0.717) is 19.3 Å². The molecule has 33 heavy (non-hydrogen) atoms. The van der Waals surface area contributed by atoms with Crippen molar-refractivity contribution < 1.29 is 14.3 Å². The first-order valence-electron chi connectivity index (χ1n) is 13.0. The molecule has 7 nitrogen and oxygen atoms in total. The Morgan fingerprint density at radius 3 is 2.52 bits per heavy atom. The molecule has 1 aromatic carbocycles. The summed E-state index contributed by atoms with van der Waals surface area (Å²) in [6.07, 6.45) is 8.38. The van der Waals surface area contributed by atoms with E-state index >= 15 is 0 Å². The molecule has 1 saturated carbocycles. The molecule has 5 unspecified atom stereocenters. The van der Waals surface area contributed by atoms with Gasteiger partial charge in [-0.15, -0.1) is 0 Å². The van der Waals surface area contributed by atoms with Gasteiger partial charge < -0.3 is 25.4 Å². The van der Waals surface area contributed by atoms with Crippen LogP contribution in [0.15, 0.2) is 24.3 Å². The van der Waals surface area contributed by atoms with Gasteiger partial charge in [0.15, 0.2) is 0 Å². The topological polar surface area (TPSA) is 74.9 Å². The molecule has 3 heterocycles. The van der Waals surface area contributed by atoms with Crippen molar-refractivity contribution in [3.63, 3.8) is 0 Å². The third-order valence-corrected chi connectivity index (χ3v) is 7.83. The zero-order valence-electron chi connectivity index (χ0n) is 19.9. The second kappa shape index (κ2) is 10.7. The zero-order chi connectivity index (χ0) is 22.6. The number of nitrogens with one attached hydrogen (secondary N) is 3. The fourth-order valence-corrected chi connectivity index (χ4v) is 5.99. The number of carbonyl (C=O) groups is 1. The summed E-state index contributed by atoms with van der Waals surface area (Å²) < 4.78 is 12.2. The van der Waals surface area contributed by atoms with Crippen LogP contribution in [0.2, 0.25) is 0 Å². The third kappa shape index (κ3) is 5.70. The highest BCUT2D eigenvalue weighted by molar-refractivity contribution is 5.74. The molecule has 4 aliphatic rings. The number of benzene rings is 1. The van der Waals surface area contributed by atoms with Crippen LogP contribution in [0, 0.1) is 0 Å². The van der Waals surface area contributed by atoms with Gasteiger partial charge in [0, 0.05) is 18.6 Å². The van der Waals surface area contributed by atoms with Crippen molar-refractivity contribution in [1.82, 2.24) is 20.9 Å². The lowest BCUT2D eigenvalue weighted by Gasteiger charge is -2.25. The van der Waals surface area contributed by atoms with Gasteiger partial charge in [-0.25, -0.2) is 4.79 Å². The number of rotatable bonds is 7. The summed E-state index contributed by atoms with van der Waals surface area (Å²) in [4.78, 5) is 15.0. The van der Waals surface area contributed by atoms with Gasteiger partial charge in [0.25, 0.3) is 0 Å². The minimum atomic E-state index is -0.0931. The number of hydrogen-bond acceptors (Lipinski definition) is 5. The molecule has 182 valence electrons. The van der Waals surface area contributed by atoms with Crippen LogP contribution in [0.5, 0.6) is 0 Å². The molecule has 4 fully saturated rings. The molecular formula is C26H40N4O3. The Morgan fingerprint density at radius 2 is 1.73 bits per heavy atom. The highest BCUT2D eigenvalue weighted by Gasteiger charge is 2.48. The number of amides is 2. The van der Waals surface area contributed by atoms with Crippen LogP contribution in [-0.4, -0.2) is 67.6 Å². The number of nitrogens with zero attached hydrogens (tertiary/aromatic N) is 1. The summed E-state index contributed by atoms with van der Waals surface area (Å²) in [5.41, 5.74) is 2.68.